The van der Waals surface area contributed by atoms with Crippen molar-refractivity contribution in [3.63, 3.8) is 0 Å². The molecule has 2 rings (SSSR count). The Morgan fingerprint density at radius 2 is 1.68 bits per heavy atom. The highest BCUT2D eigenvalue weighted by Gasteiger charge is 2.47. The van der Waals surface area contributed by atoms with Crippen LogP contribution in [0.1, 0.15) is 0 Å². The first-order valence-electron chi connectivity index (χ1n) is 7.52. The highest BCUT2D eigenvalue weighted by atomic mass is 32.5. The largest absolute Gasteiger partial charge is 0.394 e. The van der Waals surface area contributed by atoms with E-state index in [9.17, 15) is 14.4 Å². The van der Waals surface area contributed by atoms with E-state index in [1.807, 2.05) is 0 Å². The molecule has 2 saturated heterocycles. The molecule has 4 radical (unpaired) electrons. The quantitative estimate of drug-likeness (QED) is 0.386. The van der Waals surface area contributed by atoms with Crippen LogP contribution < -0.4 is 0 Å². The van der Waals surface area contributed by atoms with Crippen LogP contribution in [-0.2, 0) is 39.8 Å². The molecule has 2 aliphatic rings. The van der Waals surface area contributed by atoms with Crippen molar-refractivity contribution in [1.82, 2.24) is 0 Å². The van der Waals surface area contributed by atoms with Gasteiger partial charge >= 0.3 is 6.72 Å². The van der Waals surface area contributed by atoms with Gasteiger partial charge in [-0.3, -0.25) is 4.52 Å². The van der Waals surface area contributed by atoms with E-state index < -0.39 is 62.0 Å². The summed E-state index contributed by atoms with van der Waals surface area (Å²) in [5, 5.41) is 9.34. The van der Waals surface area contributed by atoms with Gasteiger partial charge in [-0.1, -0.05) is 0 Å². The van der Waals surface area contributed by atoms with E-state index >= 15 is 0 Å². The second-order valence-corrected chi connectivity index (χ2v) is 8.43. The zero-order valence-electron chi connectivity index (χ0n) is 13.8. The van der Waals surface area contributed by atoms with Crippen LogP contribution in [0.3, 0.4) is 0 Å². The van der Waals surface area contributed by atoms with E-state index in [-0.39, 0.29) is 6.61 Å². The highest BCUT2D eigenvalue weighted by Crippen LogP contribution is 2.48. The molecule has 0 spiro atoms. The molecule has 0 aliphatic carbocycles. The zero-order chi connectivity index (χ0) is 18.8. The molecular formula is C12H20B2FO8PS. The van der Waals surface area contributed by atoms with Gasteiger partial charge in [0, 0.05) is 20.2 Å². The van der Waals surface area contributed by atoms with Crippen LogP contribution in [0, 0.1) is 0 Å². The molecule has 0 aromatic heterocycles. The Morgan fingerprint density at radius 3 is 2.24 bits per heavy atom. The number of aliphatic hydroxyl groups excluding tert-OH is 1. The summed E-state index contributed by atoms with van der Waals surface area (Å²) in [4.78, 5) is 10.3. The second-order valence-electron chi connectivity index (χ2n) is 5.64. The fourth-order valence-electron chi connectivity index (χ4n) is 2.81. The third-order valence-corrected chi connectivity index (χ3v) is 5.61. The van der Waals surface area contributed by atoms with Crippen LogP contribution in [0.2, 0.25) is 0 Å². The Hall–Kier alpha value is 0.390. The molecule has 0 bridgehead atoms. The fourth-order valence-corrected chi connectivity index (χ4v) is 4.25. The van der Waals surface area contributed by atoms with Crippen molar-refractivity contribution in [3.8, 4) is 0 Å². The molecule has 2 aliphatic heterocycles. The second kappa shape index (κ2) is 9.05. The minimum absolute atomic E-state index is 0.290. The Labute approximate surface area is 153 Å². The molecule has 0 saturated carbocycles. The molecule has 0 aromatic rings. The molecule has 140 valence electrons. The number of aliphatic hydroxyl groups is 1. The molecule has 2 heterocycles. The number of hydrogen-bond donors (Lipinski definition) is 2. The molecule has 9 atom stereocenters. The number of rotatable bonds is 8. The lowest BCUT2D eigenvalue weighted by molar-refractivity contribution is -0.0348. The van der Waals surface area contributed by atoms with E-state index in [4.69, 9.17) is 55.5 Å². The third-order valence-electron chi connectivity index (χ3n) is 4.05. The number of ether oxygens (including phenoxy) is 4. The maximum Gasteiger partial charge on any atom is 0.325 e. The molecule has 13 heteroatoms. The third kappa shape index (κ3) is 5.01. The van der Waals surface area contributed by atoms with E-state index in [0.29, 0.717) is 0 Å². The van der Waals surface area contributed by atoms with Crippen LogP contribution in [0.15, 0.2) is 0 Å². The van der Waals surface area contributed by atoms with Gasteiger partial charge in [-0.05, 0) is 11.8 Å². The van der Waals surface area contributed by atoms with Crippen LogP contribution >= 0.6 is 6.72 Å². The number of hydrogen-bond acceptors (Lipinski definition) is 8. The van der Waals surface area contributed by atoms with E-state index in [1.54, 1.807) is 0 Å². The summed E-state index contributed by atoms with van der Waals surface area (Å²) in [7, 11) is 13.9. The van der Waals surface area contributed by atoms with Gasteiger partial charge in [0.15, 0.2) is 0 Å². The molecule has 0 amide bonds. The first kappa shape index (κ1) is 21.7. The summed E-state index contributed by atoms with van der Waals surface area (Å²) >= 11 is 4.96. The highest BCUT2D eigenvalue weighted by molar-refractivity contribution is 8.07. The maximum atomic E-state index is 13.8. The lowest BCUT2D eigenvalue weighted by Crippen LogP contribution is -2.38. The number of halogens is 1. The summed E-state index contributed by atoms with van der Waals surface area (Å²) in [6, 6.07) is -2.02. The monoisotopic (exact) mass is 396 g/mol. The van der Waals surface area contributed by atoms with Crippen LogP contribution in [0.5, 0.6) is 0 Å². The smallest absolute Gasteiger partial charge is 0.325 e. The molecule has 3 unspecified atom stereocenters. The average Bonchev–Trinajstić information content (AvgIpc) is 3.01. The van der Waals surface area contributed by atoms with Gasteiger partial charge < -0.3 is 33.5 Å². The Morgan fingerprint density at radius 1 is 1.08 bits per heavy atom. The van der Waals surface area contributed by atoms with Gasteiger partial charge in [0.25, 0.3) is 0 Å². The van der Waals surface area contributed by atoms with Gasteiger partial charge in [0.2, 0.25) is 0 Å². The predicted molar refractivity (Wildman–Crippen MR) is 89.7 cm³/mol. The van der Waals surface area contributed by atoms with Crippen molar-refractivity contribution in [3.05, 3.63) is 0 Å². The average molecular weight is 396 g/mol. The Balaban J connectivity index is 1.96. The van der Waals surface area contributed by atoms with E-state index in [1.165, 1.54) is 14.2 Å². The summed E-state index contributed by atoms with van der Waals surface area (Å²) in [5.74, 6) is 0. The topological polar surface area (TPSA) is 95.8 Å². The summed E-state index contributed by atoms with van der Waals surface area (Å²) in [6.07, 6.45) is -5.87. The Bertz CT molecular complexity index is 494. The number of methoxy groups -OCH3 is 2. The fraction of sp³-hybridized carbons (Fsp3) is 1.00. The van der Waals surface area contributed by atoms with Crippen molar-refractivity contribution in [2.24, 2.45) is 0 Å². The van der Waals surface area contributed by atoms with E-state index in [2.05, 4.69) is 0 Å². The molecule has 0 aromatic carbocycles. The van der Waals surface area contributed by atoms with E-state index in [0.717, 1.165) is 0 Å². The molecule has 2 fully saturated rings. The lowest BCUT2D eigenvalue weighted by Gasteiger charge is -2.27. The van der Waals surface area contributed by atoms with Crippen molar-refractivity contribution in [1.29, 1.82) is 0 Å². The molecule has 25 heavy (non-hydrogen) atoms. The molecule has 8 nitrogen and oxygen atoms in total. The standard InChI is InChI=1S/C12H20B2FO8PS/c1-18-8-6(22-11(13)7(8)15)4-20-24(17,25)23-9-5(3-16)21-12(14)10(9)19-2/h5-12,16H,3-4H2,1-2H3,(H,17,25)/t5-,6-,7?,8+,9+,10?,11-,12-,24?/m1/s1. The predicted octanol–water partition coefficient (Wildman–Crippen LogP) is -1.25. The van der Waals surface area contributed by atoms with Gasteiger partial charge in [-0.25, -0.2) is 4.39 Å². The van der Waals surface area contributed by atoms with Gasteiger partial charge in [-0.15, -0.1) is 0 Å². The van der Waals surface area contributed by atoms with Gasteiger partial charge in [0.1, 0.15) is 52.4 Å². The first-order chi connectivity index (χ1) is 11.7. The molecule has 2 N–H and O–H groups in total. The summed E-state index contributed by atoms with van der Waals surface area (Å²) < 4.78 is 45.1. The number of alkyl halides is 1. The summed E-state index contributed by atoms with van der Waals surface area (Å²) in [6.45, 7) is -4.49. The maximum absolute atomic E-state index is 13.8. The van der Waals surface area contributed by atoms with Crippen LogP contribution in [0.4, 0.5) is 4.39 Å². The SMILES string of the molecule is [B][C@@H]1O[C@H](COP(O)(=S)O[C@@H]2C(OC)[C@H]([B])O[C@@H]2CO)[C@H](OC)C1F. The zero-order valence-corrected chi connectivity index (χ0v) is 15.5. The summed E-state index contributed by atoms with van der Waals surface area (Å²) in [5.41, 5.74) is 0. The first-order valence-corrected chi connectivity index (χ1v) is 10.1. The molecular weight excluding hydrogens is 376 g/mol. The lowest BCUT2D eigenvalue weighted by atomic mass is 9.93. The minimum Gasteiger partial charge on any atom is -0.394 e. The van der Waals surface area contributed by atoms with Gasteiger partial charge in [0.05, 0.1) is 19.2 Å². The van der Waals surface area contributed by atoms with Crippen LogP contribution in [-0.4, -0.2) is 102 Å². The van der Waals surface area contributed by atoms with Gasteiger partial charge in [-0.2, -0.15) is 0 Å². The Kier molecular flexibility index (Phi) is 7.85. The van der Waals surface area contributed by atoms with Crippen molar-refractivity contribution < 1.29 is 42.4 Å². The van der Waals surface area contributed by atoms with Crippen molar-refractivity contribution >= 4 is 34.2 Å². The normalized spacial score (nSPS) is 44.0. The van der Waals surface area contributed by atoms with Crippen molar-refractivity contribution in [2.45, 2.75) is 48.7 Å². The van der Waals surface area contributed by atoms with Crippen LogP contribution in [0.25, 0.3) is 0 Å². The van der Waals surface area contributed by atoms with Crippen molar-refractivity contribution in [2.75, 3.05) is 27.4 Å². The minimum atomic E-state index is -3.79.